The van der Waals surface area contributed by atoms with Gasteiger partial charge in [0.15, 0.2) is 0 Å². The van der Waals surface area contributed by atoms with Gasteiger partial charge in [0.1, 0.15) is 5.75 Å². The Labute approximate surface area is 106 Å². The zero-order chi connectivity index (χ0) is 13.3. The molecule has 1 aromatic carbocycles. The van der Waals surface area contributed by atoms with Gasteiger partial charge in [0, 0.05) is 0 Å². The van der Waals surface area contributed by atoms with Crippen molar-refractivity contribution in [2.24, 2.45) is 0 Å². The van der Waals surface area contributed by atoms with E-state index in [0.717, 1.165) is 12.4 Å². The summed E-state index contributed by atoms with van der Waals surface area (Å²) < 4.78 is 5.80. The van der Waals surface area contributed by atoms with E-state index < -0.39 is 0 Å². The molecule has 0 spiro atoms. The predicted octanol–water partition coefficient (Wildman–Crippen LogP) is 4.68. The lowest BCUT2D eigenvalue weighted by Gasteiger charge is -2.26. The molecule has 0 aliphatic carbocycles. The Morgan fingerprint density at radius 3 is 1.94 bits per heavy atom. The van der Waals surface area contributed by atoms with Crippen molar-refractivity contribution >= 4 is 0 Å². The average molecular weight is 234 g/mol. The molecule has 0 N–H and O–H groups in total. The van der Waals surface area contributed by atoms with Crippen LogP contribution in [-0.4, -0.2) is 6.61 Å². The van der Waals surface area contributed by atoms with Crippen LogP contribution in [0.15, 0.2) is 18.2 Å². The lowest BCUT2D eigenvalue weighted by Crippen LogP contribution is -2.16. The molecule has 0 saturated carbocycles. The molecule has 0 atom stereocenters. The maximum absolute atomic E-state index is 5.80. The molecule has 0 unspecified atom stereocenters. The fourth-order valence-corrected chi connectivity index (χ4v) is 1.88. The van der Waals surface area contributed by atoms with Crippen molar-refractivity contribution in [3.05, 3.63) is 29.3 Å². The second-order valence-corrected chi connectivity index (χ2v) is 6.64. The number of benzene rings is 1. The normalized spacial score (nSPS) is 12.6. The van der Waals surface area contributed by atoms with E-state index in [2.05, 4.69) is 59.7 Å². The molecule has 0 saturated heterocycles. The summed E-state index contributed by atoms with van der Waals surface area (Å²) in [6.07, 6.45) is 0. The highest BCUT2D eigenvalue weighted by Gasteiger charge is 2.22. The summed E-state index contributed by atoms with van der Waals surface area (Å²) in [4.78, 5) is 0. The first kappa shape index (κ1) is 14.1. The minimum atomic E-state index is 0.126. The zero-order valence-corrected chi connectivity index (χ0v) is 12.3. The summed E-state index contributed by atoms with van der Waals surface area (Å²) in [6, 6.07) is 6.64. The second kappa shape index (κ2) is 4.72. The van der Waals surface area contributed by atoms with Gasteiger partial charge in [0.05, 0.1) is 6.61 Å². The van der Waals surface area contributed by atoms with Gasteiger partial charge in [0.25, 0.3) is 0 Å². The minimum absolute atomic E-state index is 0.126. The maximum atomic E-state index is 5.80. The quantitative estimate of drug-likeness (QED) is 0.722. The molecule has 0 heterocycles. The maximum Gasteiger partial charge on any atom is 0.123 e. The fraction of sp³-hybridized carbons (Fsp3) is 0.625. The molecule has 0 amide bonds. The summed E-state index contributed by atoms with van der Waals surface area (Å²) in [5, 5.41) is 0. The number of hydrogen-bond acceptors (Lipinski definition) is 1. The summed E-state index contributed by atoms with van der Waals surface area (Å²) in [5.74, 6) is 1.03. The van der Waals surface area contributed by atoms with Crippen molar-refractivity contribution in [1.29, 1.82) is 0 Å². The topological polar surface area (TPSA) is 9.23 Å². The van der Waals surface area contributed by atoms with Gasteiger partial charge in [-0.1, -0.05) is 53.7 Å². The zero-order valence-electron chi connectivity index (χ0n) is 12.3. The molecule has 0 fully saturated rings. The van der Waals surface area contributed by atoms with Crippen LogP contribution in [0.25, 0.3) is 0 Å². The summed E-state index contributed by atoms with van der Waals surface area (Å²) in [5.41, 5.74) is 2.91. The SMILES string of the molecule is CCOc1cc(C(C)(C)C)ccc1C(C)(C)C. The molecule has 1 nitrogen and oxygen atoms in total. The Kier molecular flexibility index (Phi) is 3.91. The van der Waals surface area contributed by atoms with E-state index in [0.29, 0.717) is 0 Å². The van der Waals surface area contributed by atoms with E-state index in [4.69, 9.17) is 4.74 Å². The van der Waals surface area contributed by atoms with Crippen molar-refractivity contribution in [3.8, 4) is 5.75 Å². The van der Waals surface area contributed by atoms with E-state index in [-0.39, 0.29) is 10.8 Å². The van der Waals surface area contributed by atoms with E-state index in [1.54, 1.807) is 0 Å². The van der Waals surface area contributed by atoms with Gasteiger partial charge in [-0.25, -0.2) is 0 Å². The molecular weight excluding hydrogens is 208 g/mol. The molecular formula is C16H26O. The van der Waals surface area contributed by atoms with Gasteiger partial charge < -0.3 is 4.74 Å². The van der Waals surface area contributed by atoms with Gasteiger partial charge in [0.2, 0.25) is 0 Å². The van der Waals surface area contributed by atoms with Crippen LogP contribution < -0.4 is 4.74 Å². The van der Waals surface area contributed by atoms with Crippen molar-refractivity contribution in [2.45, 2.75) is 59.3 Å². The molecule has 96 valence electrons. The van der Waals surface area contributed by atoms with Crippen LogP contribution in [0.2, 0.25) is 0 Å². The molecule has 0 aliphatic rings. The Morgan fingerprint density at radius 2 is 1.53 bits per heavy atom. The van der Waals surface area contributed by atoms with Crippen molar-refractivity contribution in [1.82, 2.24) is 0 Å². The van der Waals surface area contributed by atoms with Crippen LogP contribution in [0.1, 0.15) is 59.6 Å². The van der Waals surface area contributed by atoms with E-state index >= 15 is 0 Å². The largest absolute Gasteiger partial charge is 0.494 e. The van der Waals surface area contributed by atoms with Crippen LogP contribution in [0, 0.1) is 0 Å². The van der Waals surface area contributed by atoms with Crippen LogP contribution >= 0.6 is 0 Å². The van der Waals surface area contributed by atoms with Crippen molar-refractivity contribution in [2.75, 3.05) is 6.61 Å². The molecule has 1 heteroatoms. The van der Waals surface area contributed by atoms with E-state index in [9.17, 15) is 0 Å². The average Bonchev–Trinajstić information content (AvgIpc) is 2.15. The minimum Gasteiger partial charge on any atom is -0.494 e. The lowest BCUT2D eigenvalue weighted by atomic mass is 9.81. The molecule has 1 rings (SSSR count). The highest BCUT2D eigenvalue weighted by atomic mass is 16.5. The van der Waals surface area contributed by atoms with Crippen LogP contribution in [0.4, 0.5) is 0 Å². The molecule has 0 aromatic heterocycles. The third kappa shape index (κ3) is 3.49. The second-order valence-electron chi connectivity index (χ2n) is 6.64. The first-order valence-corrected chi connectivity index (χ1v) is 6.44. The monoisotopic (exact) mass is 234 g/mol. The first-order chi connectivity index (χ1) is 7.66. The number of hydrogen-bond donors (Lipinski definition) is 0. The lowest BCUT2D eigenvalue weighted by molar-refractivity contribution is 0.328. The first-order valence-electron chi connectivity index (χ1n) is 6.44. The summed E-state index contributed by atoms with van der Waals surface area (Å²) >= 11 is 0. The number of ether oxygens (including phenoxy) is 1. The highest BCUT2D eigenvalue weighted by Crippen LogP contribution is 2.35. The molecule has 0 radical (unpaired) electrons. The Balaban J connectivity index is 3.27. The molecule has 0 aliphatic heterocycles. The van der Waals surface area contributed by atoms with Crippen LogP contribution in [-0.2, 0) is 10.8 Å². The van der Waals surface area contributed by atoms with Crippen molar-refractivity contribution < 1.29 is 4.74 Å². The van der Waals surface area contributed by atoms with Gasteiger partial charge in [-0.05, 0) is 34.9 Å². The highest BCUT2D eigenvalue weighted by molar-refractivity contribution is 5.43. The smallest absolute Gasteiger partial charge is 0.123 e. The van der Waals surface area contributed by atoms with Crippen LogP contribution in [0.5, 0.6) is 5.75 Å². The van der Waals surface area contributed by atoms with Crippen molar-refractivity contribution in [3.63, 3.8) is 0 Å². The number of rotatable bonds is 2. The molecule has 1 aromatic rings. The third-order valence-corrected chi connectivity index (χ3v) is 2.96. The standard InChI is InChI=1S/C16H26O/c1-8-17-14-11-12(15(2,3)4)9-10-13(14)16(5,6)7/h9-11H,8H2,1-7H3. The Bertz CT molecular complexity index is 377. The predicted molar refractivity (Wildman–Crippen MR) is 75.0 cm³/mol. The molecule has 0 bridgehead atoms. The van der Waals surface area contributed by atoms with Gasteiger partial charge in [-0.2, -0.15) is 0 Å². The molecule has 17 heavy (non-hydrogen) atoms. The fourth-order valence-electron chi connectivity index (χ4n) is 1.88. The Hall–Kier alpha value is -0.980. The van der Waals surface area contributed by atoms with Gasteiger partial charge in [-0.15, -0.1) is 0 Å². The summed E-state index contributed by atoms with van der Waals surface area (Å²) in [7, 11) is 0. The van der Waals surface area contributed by atoms with E-state index in [1.165, 1.54) is 11.1 Å². The van der Waals surface area contributed by atoms with E-state index in [1.807, 2.05) is 6.92 Å². The van der Waals surface area contributed by atoms with Gasteiger partial charge >= 0.3 is 0 Å². The summed E-state index contributed by atoms with van der Waals surface area (Å²) in [6.45, 7) is 16.1. The van der Waals surface area contributed by atoms with Crippen LogP contribution in [0.3, 0.4) is 0 Å². The third-order valence-electron chi connectivity index (χ3n) is 2.96. The van der Waals surface area contributed by atoms with Gasteiger partial charge in [-0.3, -0.25) is 0 Å². The Morgan fingerprint density at radius 1 is 0.941 bits per heavy atom.